The molecule has 5 atom stereocenters. The van der Waals surface area contributed by atoms with Crippen LogP contribution in [0.2, 0.25) is 18.6 Å². The summed E-state index contributed by atoms with van der Waals surface area (Å²) in [4.78, 5) is 33.1. The number of benzene rings is 5. The van der Waals surface area contributed by atoms with Gasteiger partial charge in [0.05, 0.1) is 57.4 Å². The Bertz CT molecular complexity index is 2510. The fraction of sp³-hybridized carbons (Fsp3) is 0.306. The van der Waals surface area contributed by atoms with E-state index >= 15 is 4.79 Å². The van der Waals surface area contributed by atoms with E-state index in [1.54, 1.807) is 7.11 Å². The first-order chi connectivity index (χ1) is 29.1. The highest BCUT2D eigenvalue weighted by atomic mass is 28.3. The molecule has 1 aromatic heterocycles. The van der Waals surface area contributed by atoms with E-state index in [2.05, 4.69) is 54.6 Å². The van der Waals surface area contributed by atoms with Crippen LogP contribution in [0.4, 0.5) is 17.1 Å². The maximum absolute atomic E-state index is 15.6. The SMILES string of the molecule is COc1ccc([Si](C)(C)[C@@H]2[C@@H](CCn3cc(C(CO)c4ccccc4)nn3)O[C@]3(C(=O)N(Cc4ccccc4)c4ccc(N5C(=O)CCc6ccccc65)cc43)[C@H]2C)cc1. The minimum absolute atomic E-state index is 0.00197. The zero-order chi connectivity index (χ0) is 41.6. The summed E-state index contributed by atoms with van der Waals surface area (Å²) in [5, 5.41) is 20.7. The fourth-order valence-electron chi connectivity index (χ4n) is 10.2. The van der Waals surface area contributed by atoms with E-state index in [0.717, 1.165) is 45.1 Å². The summed E-state index contributed by atoms with van der Waals surface area (Å²) in [7, 11) is -0.770. The van der Waals surface area contributed by atoms with Crippen LogP contribution in [0.3, 0.4) is 0 Å². The Kier molecular flexibility index (Phi) is 10.5. The molecule has 3 aliphatic rings. The van der Waals surface area contributed by atoms with Gasteiger partial charge >= 0.3 is 0 Å². The van der Waals surface area contributed by atoms with Crippen LogP contribution in [0.15, 0.2) is 134 Å². The number of aromatic nitrogens is 3. The highest BCUT2D eigenvalue weighted by Crippen LogP contribution is 2.61. The number of fused-ring (bicyclic) bond motifs is 3. The van der Waals surface area contributed by atoms with Crippen LogP contribution < -0.4 is 19.7 Å². The maximum atomic E-state index is 15.6. The molecule has 3 aliphatic heterocycles. The van der Waals surface area contributed by atoms with E-state index in [9.17, 15) is 9.90 Å². The largest absolute Gasteiger partial charge is 0.497 e. The number of carbonyl (C=O) groups excluding carboxylic acids is 2. The number of hydrogen-bond acceptors (Lipinski definition) is 7. The van der Waals surface area contributed by atoms with Gasteiger partial charge in [0.1, 0.15) is 5.75 Å². The van der Waals surface area contributed by atoms with E-state index in [1.165, 1.54) is 5.19 Å². The van der Waals surface area contributed by atoms with Crippen molar-refractivity contribution >= 4 is 42.1 Å². The number of aliphatic hydroxyl groups excluding tert-OH is 1. The molecule has 0 bridgehead atoms. The van der Waals surface area contributed by atoms with Gasteiger partial charge in [-0.15, -0.1) is 5.10 Å². The molecule has 1 N–H and O–H groups in total. The zero-order valence-corrected chi connectivity index (χ0v) is 35.6. The molecule has 0 radical (unpaired) electrons. The van der Waals surface area contributed by atoms with Crippen molar-refractivity contribution in [2.75, 3.05) is 23.5 Å². The lowest BCUT2D eigenvalue weighted by molar-refractivity contribution is -0.146. The van der Waals surface area contributed by atoms with Crippen molar-refractivity contribution in [3.63, 3.8) is 0 Å². The number of anilines is 3. The van der Waals surface area contributed by atoms with Gasteiger partial charge in [-0.3, -0.25) is 19.2 Å². The third-order valence-electron chi connectivity index (χ3n) is 13.3. The lowest BCUT2D eigenvalue weighted by Gasteiger charge is -2.37. The Morgan fingerprint density at radius 3 is 2.33 bits per heavy atom. The average Bonchev–Trinajstić information content (AvgIpc) is 3.93. The molecule has 1 spiro atoms. The molecule has 1 unspecified atom stereocenters. The van der Waals surface area contributed by atoms with Gasteiger partial charge in [-0.2, -0.15) is 0 Å². The molecule has 9 rings (SSSR count). The Morgan fingerprint density at radius 1 is 0.883 bits per heavy atom. The number of rotatable bonds is 12. The van der Waals surface area contributed by atoms with Crippen molar-refractivity contribution in [2.45, 2.75) is 75.5 Å². The molecule has 10 nitrogen and oxygen atoms in total. The van der Waals surface area contributed by atoms with Crippen LogP contribution >= 0.6 is 0 Å². The minimum atomic E-state index is -2.45. The van der Waals surface area contributed by atoms with Gasteiger partial charge in [-0.1, -0.05) is 121 Å². The highest BCUT2D eigenvalue weighted by molar-refractivity contribution is 6.91. The van der Waals surface area contributed by atoms with Crippen LogP contribution in [0.5, 0.6) is 5.75 Å². The summed E-state index contributed by atoms with van der Waals surface area (Å²) in [6.45, 7) is 7.77. The summed E-state index contributed by atoms with van der Waals surface area (Å²) >= 11 is 0. The molecule has 4 heterocycles. The first kappa shape index (κ1) is 39.6. The van der Waals surface area contributed by atoms with Crippen LogP contribution in [0.1, 0.15) is 53.6 Å². The van der Waals surface area contributed by atoms with E-state index < -0.39 is 13.7 Å². The fourth-order valence-corrected chi connectivity index (χ4v) is 14.3. The van der Waals surface area contributed by atoms with E-state index in [0.29, 0.717) is 38.0 Å². The van der Waals surface area contributed by atoms with Gasteiger partial charge in [-0.25, -0.2) is 0 Å². The van der Waals surface area contributed by atoms with Crippen molar-refractivity contribution < 1.29 is 24.2 Å². The standard InChI is InChI=1S/C49H51N5O5Si/c1-33-47(60(3,4)39-23-21-38(58-2)22-24-39)45(27-28-52-31-42(50-51-52)40(32-55)35-15-9-6-10-16-35)59-49(33)41-29-37(54-43-18-12-11-17-36(43)19-26-46(54)56)20-25-44(41)53(48(49)57)30-34-13-7-5-8-14-34/h5-18,20-25,29,31,33,40,45,47,55H,19,26-28,30,32H2,1-4H3/t33-,40?,45+,47-,49+/m0/s1. The Morgan fingerprint density at radius 2 is 1.60 bits per heavy atom. The van der Waals surface area contributed by atoms with Gasteiger partial charge in [0.2, 0.25) is 5.91 Å². The van der Waals surface area contributed by atoms with Gasteiger partial charge in [-0.05, 0) is 71.5 Å². The second kappa shape index (κ2) is 15.9. The topological polar surface area (TPSA) is 110 Å². The quantitative estimate of drug-likeness (QED) is 0.125. The van der Waals surface area contributed by atoms with Crippen molar-refractivity contribution in [3.05, 3.63) is 162 Å². The van der Waals surface area contributed by atoms with Gasteiger partial charge in [0, 0.05) is 36.3 Å². The minimum Gasteiger partial charge on any atom is -0.497 e. The van der Waals surface area contributed by atoms with E-state index in [-0.39, 0.29) is 41.9 Å². The normalized spacial score (nSPS) is 21.6. The summed E-state index contributed by atoms with van der Waals surface area (Å²) in [5.74, 6) is 0.210. The zero-order valence-electron chi connectivity index (χ0n) is 34.6. The second-order valence-corrected chi connectivity index (χ2v) is 21.6. The predicted molar refractivity (Wildman–Crippen MR) is 236 cm³/mol. The van der Waals surface area contributed by atoms with Crippen LogP contribution in [-0.4, -0.2) is 59.8 Å². The highest BCUT2D eigenvalue weighted by Gasteiger charge is 2.66. The van der Waals surface area contributed by atoms with Gasteiger partial charge in [0.15, 0.2) is 5.60 Å². The summed E-state index contributed by atoms with van der Waals surface area (Å²) in [6, 6.07) is 42.4. The molecule has 11 heteroatoms. The van der Waals surface area contributed by atoms with Crippen molar-refractivity contribution in [1.29, 1.82) is 0 Å². The molecule has 306 valence electrons. The second-order valence-electron chi connectivity index (χ2n) is 16.9. The number of methoxy groups -OCH3 is 1. The number of carbonyl (C=O) groups is 2. The van der Waals surface area contributed by atoms with E-state index in [1.807, 2.05) is 124 Å². The Hall–Kier alpha value is -5.88. The number of aryl methyl sites for hydroxylation is 2. The van der Waals surface area contributed by atoms with Crippen LogP contribution in [-0.2, 0) is 39.4 Å². The third-order valence-corrected chi connectivity index (χ3v) is 17.7. The van der Waals surface area contributed by atoms with Gasteiger partial charge in [0.25, 0.3) is 5.91 Å². The molecule has 60 heavy (non-hydrogen) atoms. The summed E-state index contributed by atoms with van der Waals surface area (Å²) in [6.07, 6.45) is 3.28. The molecule has 2 amide bonds. The average molecular weight is 818 g/mol. The molecule has 6 aromatic rings. The number of aliphatic hydroxyl groups is 1. The van der Waals surface area contributed by atoms with Crippen LogP contribution in [0, 0.1) is 5.92 Å². The first-order valence-corrected chi connectivity index (χ1v) is 24.0. The summed E-state index contributed by atoms with van der Waals surface area (Å²) < 4.78 is 14.9. The smallest absolute Gasteiger partial charge is 0.264 e. The number of amides is 2. The van der Waals surface area contributed by atoms with Crippen molar-refractivity contribution in [1.82, 2.24) is 15.0 Å². The molecule has 0 saturated carbocycles. The number of para-hydroxylation sites is 1. The predicted octanol–water partition coefficient (Wildman–Crippen LogP) is 7.87. The Balaban J connectivity index is 1.14. The Labute approximate surface area is 352 Å². The lowest BCUT2D eigenvalue weighted by Crippen LogP contribution is -2.51. The maximum Gasteiger partial charge on any atom is 0.264 e. The molecule has 1 fully saturated rings. The molecular weight excluding hydrogens is 767 g/mol. The lowest BCUT2D eigenvalue weighted by atomic mass is 9.82. The third kappa shape index (κ3) is 6.74. The molecular formula is C49H51N5O5Si. The molecule has 5 aromatic carbocycles. The monoisotopic (exact) mass is 817 g/mol. The molecule has 1 saturated heterocycles. The van der Waals surface area contributed by atoms with Crippen molar-refractivity contribution in [3.8, 4) is 5.75 Å². The number of hydrogen-bond donors (Lipinski definition) is 1. The van der Waals surface area contributed by atoms with Gasteiger partial charge < -0.3 is 19.5 Å². The van der Waals surface area contributed by atoms with Crippen LogP contribution in [0.25, 0.3) is 0 Å². The van der Waals surface area contributed by atoms with E-state index in [4.69, 9.17) is 9.47 Å². The summed E-state index contributed by atoms with van der Waals surface area (Å²) in [5.41, 5.74) is 5.70. The first-order valence-electron chi connectivity index (χ1n) is 20.9. The number of nitrogens with zero attached hydrogens (tertiary/aromatic N) is 5. The molecule has 0 aliphatic carbocycles. The number of ether oxygens (including phenoxy) is 2. The van der Waals surface area contributed by atoms with Crippen molar-refractivity contribution in [2.24, 2.45) is 5.92 Å².